The molecule has 0 atom stereocenters. The molecule has 13 heavy (non-hydrogen) atoms. The number of aromatic nitrogens is 1. The first-order valence-electron chi connectivity index (χ1n) is 3.23. The summed E-state index contributed by atoms with van der Waals surface area (Å²) in [5.74, 6) is -1.31. The molecule has 1 heterocycles. The van der Waals surface area contributed by atoms with E-state index in [1.807, 2.05) is 0 Å². The summed E-state index contributed by atoms with van der Waals surface area (Å²) in [4.78, 5) is 10.4. The van der Waals surface area contributed by atoms with Gasteiger partial charge in [-0.2, -0.15) is 0 Å². The summed E-state index contributed by atoms with van der Waals surface area (Å²) >= 11 is 0. The second kappa shape index (κ2) is 2.84. The molecule has 0 aliphatic carbocycles. The lowest BCUT2D eigenvalue weighted by Crippen LogP contribution is -2.01. The normalized spacial score (nSPS) is 11.5. The number of carbonyl (C=O) groups is 1. The van der Waals surface area contributed by atoms with Crippen LogP contribution in [0.25, 0.3) is 0 Å². The van der Waals surface area contributed by atoms with Gasteiger partial charge in [-0.05, 0) is 6.92 Å². The van der Waals surface area contributed by atoms with E-state index >= 15 is 0 Å². The molecular formula is C6H7NO5S. The van der Waals surface area contributed by atoms with E-state index in [9.17, 15) is 13.2 Å². The van der Waals surface area contributed by atoms with Crippen molar-refractivity contribution in [2.24, 2.45) is 0 Å². The van der Waals surface area contributed by atoms with E-state index in [1.54, 1.807) is 0 Å². The van der Waals surface area contributed by atoms with E-state index in [2.05, 4.69) is 9.68 Å². The molecule has 0 bridgehead atoms. The van der Waals surface area contributed by atoms with Gasteiger partial charge in [-0.3, -0.25) is 0 Å². The minimum atomic E-state index is -3.54. The van der Waals surface area contributed by atoms with Crippen LogP contribution in [0.3, 0.4) is 0 Å². The topological polar surface area (TPSA) is 97.5 Å². The number of nitrogens with zero attached hydrogens (tertiary/aromatic N) is 1. The number of hydrogen-bond acceptors (Lipinski definition) is 5. The fourth-order valence-electron chi connectivity index (χ4n) is 0.866. The Kier molecular flexibility index (Phi) is 2.12. The molecule has 0 saturated carbocycles. The van der Waals surface area contributed by atoms with Gasteiger partial charge in [0.15, 0.2) is 5.69 Å². The molecule has 7 heteroatoms. The van der Waals surface area contributed by atoms with Crippen LogP contribution in [0.1, 0.15) is 16.1 Å². The van der Waals surface area contributed by atoms with Crippen LogP contribution in [0.15, 0.2) is 9.62 Å². The van der Waals surface area contributed by atoms with Crippen LogP contribution in [-0.4, -0.2) is 30.9 Å². The number of carboxylic acid groups (broad SMARTS) is 1. The number of sulfone groups is 1. The second-order valence-electron chi connectivity index (χ2n) is 2.52. The lowest BCUT2D eigenvalue weighted by molar-refractivity contribution is 0.0684. The van der Waals surface area contributed by atoms with Crippen LogP contribution in [0, 0.1) is 6.92 Å². The highest BCUT2D eigenvalue weighted by Crippen LogP contribution is 2.17. The SMILES string of the molecule is Cc1c(C(=O)O)noc1S(C)(=O)=O. The van der Waals surface area contributed by atoms with Crippen molar-refractivity contribution in [2.75, 3.05) is 6.26 Å². The first kappa shape index (κ1) is 9.72. The molecule has 0 saturated heterocycles. The largest absolute Gasteiger partial charge is 0.476 e. The molecule has 0 fully saturated rings. The van der Waals surface area contributed by atoms with Gasteiger partial charge in [-0.25, -0.2) is 13.2 Å². The number of rotatable bonds is 2. The maximum absolute atomic E-state index is 11.0. The molecule has 72 valence electrons. The Morgan fingerprint density at radius 3 is 2.31 bits per heavy atom. The van der Waals surface area contributed by atoms with Crippen molar-refractivity contribution in [3.05, 3.63) is 11.3 Å². The minimum absolute atomic E-state index is 0.0231. The third kappa shape index (κ3) is 1.69. The number of carboxylic acids is 1. The van der Waals surface area contributed by atoms with Crippen LogP contribution in [-0.2, 0) is 9.84 Å². The Morgan fingerprint density at radius 1 is 1.54 bits per heavy atom. The molecule has 6 nitrogen and oxygen atoms in total. The van der Waals surface area contributed by atoms with Crippen LogP contribution < -0.4 is 0 Å². The molecule has 0 spiro atoms. The smallest absolute Gasteiger partial charge is 0.358 e. The van der Waals surface area contributed by atoms with Gasteiger partial charge in [-0.1, -0.05) is 5.16 Å². The van der Waals surface area contributed by atoms with Crippen molar-refractivity contribution in [3.63, 3.8) is 0 Å². The Balaban J connectivity index is 3.39. The lowest BCUT2D eigenvalue weighted by atomic mass is 10.3. The van der Waals surface area contributed by atoms with E-state index < -0.39 is 20.9 Å². The van der Waals surface area contributed by atoms with Gasteiger partial charge in [0, 0.05) is 11.8 Å². The first-order chi connectivity index (χ1) is 5.84. The predicted octanol–water partition coefficient (Wildman–Crippen LogP) is 0.0847. The van der Waals surface area contributed by atoms with Gasteiger partial charge in [0.05, 0.1) is 0 Å². The van der Waals surface area contributed by atoms with Gasteiger partial charge >= 0.3 is 5.97 Å². The molecule has 0 unspecified atom stereocenters. The Hall–Kier alpha value is -1.37. The van der Waals surface area contributed by atoms with E-state index in [4.69, 9.17) is 5.11 Å². The summed E-state index contributed by atoms with van der Waals surface area (Å²) in [6.45, 7) is 1.33. The maximum atomic E-state index is 11.0. The third-order valence-corrected chi connectivity index (χ3v) is 2.47. The van der Waals surface area contributed by atoms with E-state index in [0.29, 0.717) is 0 Å². The monoisotopic (exact) mass is 205 g/mol. The minimum Gasteiger partial charge on any atom is -0.476 e. The van der Waals surface area contributed by atoms with Crippen LogP contribution in [0.5, 0.6) is 0 Å². The molecule has 0 radical (unpaired) electrons. The summed E-state index contributed by atoms with van der Waals surface area (Å²) in [5, 5.41) is 11.3. The summed E-state index contributed by atoms with van der Waals surface area (Å²) in [6, 6.07) is 0. The predicted molar refractivity (Wildman–Crippen MR) is 41.3 cm³/mol. The second-order valence-corrected chi connectivity index (χ2v) is 4.44. The van der Waals surface area contributed by atoms with Gasteiger partial charge in [0.2, 0.25) is 9.84 Å². The van der Waals surface area contributed by atoms with Crippen molar-refractivity contribution >= 4 is 15.8 Å². The Labute approximate surface area is 74.1 Å². The van der Waals surface area contributed by atoms with Crippen molar-refractivity contribution in [3.8, 4) is 0 Å². The highest BCUT2D eigenvalue weighted by Gasteiger charge is 2.23. The standard InChI is InChI=1S/C6H7NO5S/c1-3-4(5(8)9)7-12-6(3)13(2,10)11/h1-2H3,(H,8,9). The zero-order valence-corrected chi connectivity index (χ0v) is 7.75. The summed E-state index contributed by atoms with van der Waals surface area (Å²) in [6.07, 6.45) is 0.923. The van der Waals surface area contributed by atoms with Crippen LogP contribution in [0.2, 0.25) is 0 Å². The fourth-order valence-corrected chi connectivity index (χ4v) is 1.69. The van der Waals surface area contributed by atoms with E-state index in [1.165, 1.54) is 6.92 Å². The van der Waals surface area contributed by atoms with Crippen molar-refractivity contribution < 1.29 is 22.8 Å². The summed E-state index contributed by atoms with van der Waals surface area (Å²) < 4.78 is 26.3. The van der Waals surface area contributed by atoms with Crippen molar-refractivity contribution in [1.82, 2.24) is 5.16 Å². The van der Waals surface area contributed by atoms with E-state index in [0.717, 1.165) is 6.26 Å². The molecular weight excluding hydrogens is 198 g/mol. The molecule has 1 aromatic heterocycles. The van der Waals surface area contributed by atoms with Crippen molar-refractivity contribution in [1.29, 1.82) is 0 Å². The highest BCUT2D eigenvalue weighted by atomic mass is 32.2. The average molecular weight is 205 g/mol. The molecule has 1 aromatic rings. The lowest BCUT2D eigenvalue weighted by Gasteiger charge is -1.90. The molecule has 0 aliphatic rings. The molecule has 0 amide bonds. The fraction of sp³-hybridized carbons (Fsp3) is 0.333. The van der Waals surface area contributed by atoms with Crippen molar-refractivity contribution in [2.45, 2.75) is 12.0 Å². The molecule has 0 aromatic carbocycles. The van der Waals surface area contributed by atoms with Gasteiger partial charge in [0.25, 0.3) is 5.09 Å². The molecule has 1 rings (SSSR count). The Morgan fingerprint density at radius 2 is 2.08 bits per heavy atom. The quantitative estimate of drug-likeness (QED) is 0.734. The molecule has 1 N–H and O–H groups in total. The van der Waals surface area contributed by atoms with Gasteiger partial charge < -0.3 is 9.63 Å². The number of aromatic carboxylic acids is 1. The molecule has 0 aliphatic heterocycles. The number of hydrogen-bond donors (Lipinski definition) is 1. The zero-order chi connectivity index (χ0) is 10.2. The first-order valence-corrected chi connectivity index (χ1v) is 5.13. The van der Waals surface area contributed by atoms with Gasteiger partial charge in [0.1, 0.15) is 0 Å². The zero-order valence-electron chi connectivity index (χ0n) is 6.94. The Bertz CT molecular complexity index is 444. The van der Waals surface area contributed by atoms with Crippen LogP contribution in [0.4, 0.5) is 0 Å². The highest BCUT2D eigenvalue weighted by molar-refractivity contribution is 7.90. The van der Waals surface area contributed by atoms with Crippen LogP contribution >= 0.6 is 0 Å². The van der Waals surface area contributed by atoms with E-state index in [-0.39, 0.29) is 11.3 Å². The maximum Gasteiger partial charge on any atom is 0.358 e. The average Bonchev–Trinajstić information content (AvgIpc) is 2.28. The summed E-state index contributed by atoms with van der Waals surface area (Å²) in [5.41, 5.74) is -0.351. The van der Waals surface area contributed by atoms with Gasteiger partial charge in [-0.15, -0.1) is 0 Å². The third-order valence-electron chi connectivity index (χ3n) is 1.42. The summed E-state index contributed by atoms with van der Waals surface area (Å²) in [7, 11) is -3.54.